The predicted octanol–water partition coefficient (Wildman–Crippen LogP) is 12.1. The molecule has 0 spiro atoms. The largest absolute Gasteiger partial charge is 0.310 e. The summed E-state index contributed by atoms with van der Waals surface area (Å²) in [5.74, 6) is 0. The van der Waals surface area contributed by atoms with Gasteiger partial charge < -0.3 is 4.90 Å². The van der Waals surface area contributed by atoms with Crippen molar-refractivity contribution >= 4 is 17.1 Å². The van der Waals surface area contributed by atoms with Crippen molar-refractivity contribution in [3.8, 4) is 33.4 Å². The van der Waals surface area contributed by atoms with Gasteiger partial charge in [0.1, 0.15) is 0 Å². The fraction of sp³-hybridized carbons (Fsp3) is 0.182. The molecule has 2 aliphatic rings. The lowest BCUT2D eigenvalue weighted by Gasteiger charge is -2.28. The molecule has 6 aromatic rings. The molecular formula is C44H39N. The average Bonchev–Trinajstić information content (AvgIpc) is 3.40. The zero-order chi connectivity index (χ0) is 31.1. The van der Waals surface area contributed by atoms with E-state index in [9.17, 15) is 0 Å². The highest BCUT2D eigenvalue weighted by Gasteiger charge is 2.37. The number of rotatable bonds is 4. The smallest absolute Gasteiger partial charge is 0.0465 e. The van der Waals surface area contributed by atoms with Crippen molar-refractivity contribution in [2.24, 2.45) is 0 Å². The second kappa shape index (κ2) is 9.81. The maximum atomic E-state index is 2.42. The molecule has 0 aromatic heterocycles. The van der Waals surface area contributed by atoms with E-state index in [1.165, 1.54) is 78.1 Å². The fourth-order valence-electron chi connectivity index (χ4n) is 7.88. The third kappa shape index (κ3) is 4.21. The highest BCUT2D eigenvalue weighted by Crippen LogP contribution is 2.52. The van der Waals surface area contributed by atoms with Crippen molar-refractivity contribution in [1.82, 2.24) is 0 Å². The Morgan fingerprint density at radius 3 is 1.67 bits per heavy atom. The van der Waals surface area contributed by atoms with E-state index < -0.39 is 0 Å². The molecule has 0 unspecified atom stereocenters. The van der Waals surface area contributed by atoms with Gasteiger partial charge in [-0.05, 0) is 118 Å². The van der Waals surface area contributed by atoms with Gasteiger partial charge in [0.15, 0.2) is 0 Å². The zero-order valence-electron chi connectivity index (χ0n) is 27.1. The second-order valence-corrected chi connectivity index (χ2v) is 14.1. The minimum Gasteiger partial charge on any atom is -0.310 e. The lowest BCUT2D eigenvalue weighted by molar-refractivity contribution is 0.660. The molecule has 0 heterocycles. The average molecular weight is 582 g/mol. The monoisotopic (exact) mass is 581 g/mol. The first-order chi connectivity index (χ1) is 21.6. The lowest BCUT2D eigenvalue weighted by Crippen LogP contribution is -2.16. The van der Waals surface area contributed by atoms with Crippen LogP contribution >= 0.6 is 0 Å². The molecule has 0 atom stereocenters. The van der Waals surface area contributed by atoms with Crippen LogP contribution in [0.4, 0.5) is 17.1 Å². The summed E-state index contributed by atoms with van der Waals surface area (Å²) in [7, 11) is 0. The van der Waals surface area contributed by atoms with E-state index in [2.05, 4.69) is 174 Å². The molecule has 0 saturated carbocycles. The molecule has 220 valence electrons. The van der Waals surface area contributed by atoms with Crippen LogP contribution in [0.2, 0.25) is 0 Å². The topological polar surface area (TPSA) is 3.24 Å². The molecule has 0 radical (unpaired) electrons. The molecular weight excluding hydrogens is 542 g/mol. The van der Waals surface area contributed by atoms with Gasteiger partial charge in [-0.3, -0.25) is 0 Å². The Labute approximate surface area is 267 Å². The van der Waals surface area contributed by atoms with Crippen LogP contribution in [0.5, 0.6) is 0 Å². The van der Waals surface area contributed by atoms with Gasteiger partial charge in [0.05, 0.1) is 0 Å². The Bertz CT molecular complexity index is 2130. The van der Waals surface area contributed by atoms with E-state index in [1.54, 1.807) is 0 Å². The Balaban J connectivity index is 1.20. The van der Waals surface area contributed by atoms with Gasteiger partial charge in [0.25, 0.3) is 0 Å². The summed E-state index contributed by atoms with van der Waals surface area (Å²) in [6.07, 6.45) is 0. The van der Waals surface area contributed by atoms with Crippen LogP contribution in [0.3, 0.4) is 0 Å². The van der Waals surface area contributed by atoms with Crippen molar-refractivity contribution in [1.29, 1.82) is 0 Å². The Morgan fingerprint density at radius 2 is 0.911 bits per heavy atom. The SMILES string of the molecule is Cc1cccc(N(c2ccc(-c3ccc4c(c3)C(C)(C)c3ccccc3-4)cc2)c2ccc3c(c2)C(C)(C)c2cc(C)ccc2-3)c1. The summed E-state index contributed by atoms with van der Waals surface area (Å²) in [6, 6.07) is 47.8. The van der Waals surface area contributed by atoms with Crippen molar-refractivity contribution in [3.05, 3.63) is 161 Å². The number of hydrogen-bond donors (Lipinski definition) is 0. The lowest BCUT2D eigenvalue weighted by atomic mass is 9.81. The zero-order valence-corrected chi connectivity index (χ0v) is 27.1. The predicted molar refractivity (Wildman–Crippen MR) is 191 cm³/mol. The van der Waals surface area contributed by atoms with Crippen LogP contribution in [0.1, 0.15) is 61.1 Å². The summed E-state index contributed by atoms with van der Waals surface area (Å²) < 4.78 is 0. The van der Waals surface area contributed by atoms with Crippen molar-refractivity contribution in [2.45, 2.75) is 52.4 Å². The first kappa shape index (κ1) is 27.7. The fourth-order valence-corrected chi connectivity index (χ4v) is 7.88. The van der Waals surface area contributed by atoms with Gasteiger partial charge in [-0.25, -0.2) is 0 Å². The molecule has 1 nitrogen and oxygen atoms in total. The van der Waals surface area contributed by atoms with Crippen LogP contribution in [0.25, 0.3) is 33.4 Å². The summed E-state index contributed by atoms with van der Waals surface area (Å²) in [6.45, 7) is 13.8. The first-order valence-electron chi connectivity index (χ1n) is 16.1. The molecule has 8 rings (SSSR count). The van der Waals surface area contributed by atoms with Crippen LogP contribution in [-0.2, 0) is 10.8 Å². The number of benzene rings is 6. The maximum absolute atomic E-state index is 2.42. The molecule has 0 N–H and O–H groups in total. The highest BCUT2D eigenvalue weighted by molar-refractivity contribution is 5.87. The highest BCUT2D eigenvalue weighted by atomic mass is 15.1. The van der Waals surface area contributed by atoms with Crippen molar-refractivity contribution < 1.29 is 0 Å². The van der Waals surface area contributed by atoms with E-state index in [-0.39, 0.29) is 10.8 Å². The number of aryl methyl sites for hydroxylation is 2. The van der Waals surface area contributed by atoms with Gasteiger partial charge >= 0.3 is 0 Å². The van der Waals surface area contributed by atoms with Crippen LogP contribution in [0.15, 0.2) is 127 Å². The van der Waals surface area contributed by atoms with Crippen molar-refractivity contribution in [2.75, 3.05) is 4.90 Å². The van der Waals surface area contributed by atoms with Gasteiger partial charge in [0.2, 0.25) is 0 Å². The molecule has 6 aromatic carbocycles. The summed E-state index contributed by atoms with van der Waals surface area (Å²) in [5.41, 5.74) is 19.6. The van der Waals surface area contributed by atoms with E-state index in [1.807, 2.05) is 0 Å². The van der Waals surface area contributed by atoms with Gasteiger partial charge in [-0.2, -0.15) is 0 Å². The Morgan fingerprint density at radius 1 is 0.378 bits per heavy atom. The summed E-state index contributed by atoms with van der Waals surface area (Å²) in [4.78, 5) is 2.41. The molecule has 0 aliphatic heterocycles. The van der Waals surface area contributed by atoms with Crippen LogP contribution in [-0.4, -0.2) is 0 Å². The number of fused-ring (bicyclic) bond motifs is 6. The first-order valence-corrected chi connectivity index (χ1v) is 16.1. The molecule has 0 fully saturated rings. The normalized spacial score (nSPS) is 14.8. The standard InChI is InChI=1S/C44H39N/c1-28-10-9-11-33(24-28)45(34-20-23-38-36-21-14-29(2)25-40(36)44(5,6)42(38)27-34)32-18-15-30(16-19-32)31-17-22-37-35-12-7-8-13-39(35)43(3,4)41(37)26-31/h7-27H,1-6H3. The molecule has 45 heavy (non-hydrogen) atoms. The summed E-state index contributed by atoms with van der Waals surface area (Å²) >= 11 is 0. The minimum absolute atomic E-state index is 0.0104. The van der Waals surface area contributed by atoms with Gasteiger partial charge in [-0.1, -0.05) is 118 Å². The van der Waals surface area contributed by atoms with Crippen molar-refractivity contribution in [3.63, 3.8) is 0 Å². The Hall–Kier alpha value is -4.88. The molecule has 1 heteroatoms. The Kier molecular flexibility index (Phi) is 6.03. The number of nitrogens with zero attached hydrogens (tertiary/aromatic N) is 1. The number of hydrogen-bond acceptors (Lipinski definition) is 1. The minimum atomic E-state index is -0.0597. The van der Waals surface area contributed by atoms with Crippen LogP contribution < -0.4 is 4.90 Å². The van der Waals surface area contributed by atoms with E-state index >= 15 is 0 Å². The molecule has 0 bridgehead atoms. The third-order valence-corrected chi connectivity index (χ3v) is 10.4. The quantitative estimate of drug-likeness (QED) is 0.200. The summed E-state index contributed by atoms with van der Waals surface area (Å²) in [5, 5.41) is 0. The van der Waals surface area contributed by atoms with Gasteiger partial charge in [-0.15, -0.1) is 0 Å². The molecule has 0 amide bonds. The third-order valence-electron chi connectivity index (χ3n) is 10.4. The second-order valence-electron chi connectivity index (χ2n) is 14.1. The molecule has 0 saturated heterocycles. The van der Waals surface area contributed by atoms with E-state index in [0.29, 0.717) is 0 Å². The van der Waals surface area contributed by atoms with E-state index in [0.717, 1.165) is 5.69 Å². The van der Waals surface area contributed by atoms with Crippen LogP contribution in [0, 0.1) is 13.8 Å². The maximum Gasteiger partial charge on any atom is 0.0465 e. The van der Waals surface area contributed by atoms with Gasteiger partial charge in [0, 0.05) is 27.9 Å². The number of anilines is 3. The molecule has 2 aliphatic carbocycles. The van der Waals surface area contributed by atoms with E-state index in [4.69, 9.17) is 0 Å².